The van der Waals surface area contributed by atoms with Crippen molar-refractivity contribution >= 4 is 69.7 Å². The van der Waals surface area contributed by atoms with E-state index in [1.165, 1.54) is 12.1 Å². The van der Waals surface area contributed by atoms with Gasteiger partial charge in [-0.15, -0.1) is 0 Å². The van der Waals surface area contributed by atoms with Crippen molar-refractivity contribution in [3.8, 4) is 0 Å². The summed E-state index contributed by atoms with van der Waals surface area (Å²) in [6, 6.07) is 13.0. The number of nitrogens with one attached hydrogen (secondary N) is 3. The number of thiocarbonyl (C=S) groups is 1. The average Bonchev–Trinajstić information content (AvgIpc) is 2.60. The number of amides is 1. The molecule has 0 fully saturated rings. The molecule has 2 rings (SSSR count). The number of carboxylic acids is 1. The molecular weight excluding hydrogens is 445 g/mol. The topological polar surface area (TPSA) is 90.5 Å². The van der Waals surface area contributed by atoms with Gasteiger partial charge >= 0.3 is 5.97 Å². The van der Waals surface area contributed by atoms with Crippen LogP contribution < -0.4 is 16.0 Å². The summed E-state index contributed by atoms with van der Waals surface area (Å²) in [5.41, 5.74) is 1.69. The third-order valence-corrected chi connectivity index (χ3v) is 4.51. The monoisotopic (exact) mass is 459 g/mol. The van der Waals surface area contributed by atoms with Gasteiger partial charge in [0.25, 0.3) is 5.91 Å². The molecule has 148 valence electrons. The highest BCUT2D eigenvalue weighted by Crippen LogP contribution is 2.29. The SMILES string of the molecule is Cc1ccccc1C(=O)N[C@@H](NC(=S)Nc1cccc(C(=O)O)c1)C(Cl)(Cl)Cl. The van der Waals surface area contributed by atoms with E-state index in [0.717, 1.165) is 5.56 Å². The van der Waals surface area contributed by atoms with Crippen molar-refractivity contribution < 1.29 is 14.7 Å². The van der Waals surface area contributed by atoms with Crippen molar-refractivity contribution in [1.82, 2.24) is 10.6 Å². The largest absolute Gasteiger partial charge is 0.478 e. The molecular formula is C18H16Cl3N3O3S. The van der Waals surface area contributed by atoms with Crippen LogP contribution in [0.4, 0.5) is 5.69 Å². The first kappa shape index (κ1) is 22.2. The first-order chi connectivity index (χ1) is 13.1. The fourth-order valence-corrected chi connectivity index (χ4v) is 2.83. The van der Waals surface area contributed by atoms with Gasteiger partial charge in [-0.1, -0.05) is 59.1 Å². The van der Waals surface area contributed by atoms with Gasteiger partial charge < -0.3 is 21.1 Å². The van der Waals surface area contributed by atoms with Crippen LogP contribution in [0.5, 0.6) is 0 Å². The maximum atomic E-state index is 12.5. The zero-order valence-corrected chi connectivity index (χ0v) is 17.6. The van der Waals surface area contributed by atoms with Crippen LogP contribution >= 0.6 is 47.0 Å². The molecule has 0 spiro atoms. The van der Waals surface area contributed by atoms with E-state index in [2.05, 4.69) is 16.0 Å². The summed E-state index contributed by atoms with van der Waals surface area (Å²) in [6.07, 6.45) is -1.15. The molecule has 10 heteroatoms. The van der Waals surface area contributed by atoms with Crippen molar-refractivity contribution in [2.24, 2.45) is 0 Å². The molecule has 0 aliphatic rings. The van der Waals surface area contributed by atoms with Crippen LogP contribution in [0.15, 0.2) is 48.5 Å². The molecule has 0 unspecified atom stereocenters. The number of benzene rings is 2. The average molecular weight is 461 g/mol. The normalized spacial score (nSPS) is 12.0. The second kappa shape index (κ2) is 9.43. The Balaban J connectivity index is 2.11. The molecule has 0 radical (unpaired) electrons. The van der Waals surface area contributed by atoms with E-state index in [9.17, 15) is 9.59 Å². The van der Waals surface area contributed by atoms with Crippen molar-refractivity contribution in [2.45, 2.75) is 16.9 Å². The third kappa shape index (κ3) is 6.24. The summed E-state index contributed by atoms with van der Waals surface area (Å²) in [5.74, 6) is -1.52. The molecule has 4 N–H and O–H groups in total. The molecule has 0 saturated carbocycles. The summed E-state index contributed by atoms with van der Waals surface area (Å²) < 4.78 is -1.91. The van der Waals surface area contributed by atoms with Crippen molar-refractivity contribution in [1.29, 1.82) is 0 Å². The van der Waals surface area contributed by atoms with Crippen LogP contribution in [0, 0.1) is 6.92 Å². The van der Waals surface area contributed by atoms with Crippen molar-refractivity contribution in [2.75, 3.05) is 5.32 Å². The molecule has 6 nitrogen and oxygen atoms in total. The van der Waals surface area contributed by atoms with Gasteiger partial charge in [0, 0.05) is 11.3 Å². The molecule has 0 aromatic heterocycles. The Morgan fingerprint density at radius 2 is 1.75 bits per heavy atom. The molecule has 1 amide bonds. The molecule has 0 aliphatic heterocycles. The lowest BCUT2D eigenvalue weighted by Crippen LogP contribution is -2.56. The van der Waals surface area contributed by atoms with Gasteiger partial charge in [-0.05, 0) is 49.0 Å². The Hall–Kier alpha value is -2.06. The number of rotatable bonds is 5. The Kier molecular flexibility index (Phi) is 7.48. The fraction of sp³-hybridized carbons (Fsp3) is 0.167. The van der Waals surface area contributed by atoms with Gasteiger partial charge in [0.05, 0.1) is 5.56 Å². The molecule has 0 saturated heterocycles. The number of carbonyl (C=O) groups excluding carboxylic acids is 1. The van der Waals surface area contributed by atoms with Crippen LogP contribution in [-0.4, -0.2) is 32.1 Å². The minimum atomic E-state index is -1.91. The Morgan fingerprint density at radius 3 is 2.36 bits per heavy atom. The van der Waals surface area contributed by atoms with Crippen LogP contribution in [0.3, 0.4) is 0 Å². The molecule has 0 aliphatic carbocycles. The quantitative estimate of drug-likeness (QED) is 0.305. The number of anilines is 1. The minimum Gasteiger partial charge on any atom is -0.478 e. The Labute approximate surface area is 182 Å². The molecule has 0 heterocycles. The fourth-order valence-electron chi connectivity index (χ4n) is 2.26. The smallest absolute Gasteiger partial charge is 0.335 e. The first-order valence-corrected chi connectivity index (χ1v) is 9.46. The first-order valence-electron chi connectivity index (χ1n) is 7.92. The standard InChI is InChI=1S/C18H16Cl3N3O3S/c1-10-5-2-3-8-13(10)14(25)23-16(18(19,20)21)24-17(28)22-12-7-4-6-11(9-12)15(26)27/h2-9,16H,1H3,(H,23,25)(H,26,27)(H2,22,24,28)/t16-/m0/s1. The highest BCUT2D eigenvalue weighted by Gasteiger charge is 2.35. The van der Waals surface area contributed by atoms with Crippen LogP contribution in [0.2, 0.25) is 0 Å². The summed E-state index contributed by atoms with van der Waals surface area (Å²) in [4.78, 5) is 23.6. The lowest BCUT2D eigenvalue weighted by Gasteiger charge is -2.28. The van der Waals surface area contributed by atoms with Crippen LogP contribution in [0.1, 0.15) is 26.3 Å². The maximum absolute atomic E-state index is 12.5. The highest BCUT2D eigenvalue weighted by molar-refractivity contribution is 7.80. The minimum absolute atomic E-state index is 0.0314. The lowest BCUT2D eigenvalue weighted by atomic mass is 10.1. The van der Waals surface area contributed by atoms with Crippen LogP contribution in [0.25, 0.3) is 0 Å². The molecule has 0 bridgehead atoms. The zero-order valence-electron chi connectivity index (χ0n) is 14.5. The van der Waals surface area contributed by atoms with Crippen LogP contribution in [-0.2, 0) is 0 Å². The van der Waals surface area contributed by atoms with E-state index in [0.29, 0.717) is 11.3 Å². The summed E-state index contributed by atoms with van der Waals surface area (Å²) in [7, 11) is 0. The van der Waals surface area contributed by atoms with Gasteiger partial charge in [0.1, 0.15) is 6.17 Å². The van der Waals surface area contributed by atoms with Crippen molar-refractivity contribution in [3.05, 3.63) is 65.2 Å². The predicted molar refractivity (Wildman–Crippen MR) is 115 cm³/mol. The van der Waals surface area contributed by atoms with E-state index in [1.54, 1.807) is 43.3 Å². The number of halogens is 3. The third-order valence-electron chi connectivity index (χ3n) is 3.64. The number of hydrogen-bond donors (Lipinski definition) is 4. The van der Waals surface area contributed by atoms with Gasteiger partial charge in [-0.25, -0.2) is 4.79 Å². The Bertz CT molecular complexity index is 903. The maximum Gasteiger partial charge on any atom is 0.335 e. The second-order valence-corrected chi connectivity index (χ2v) is 8.52. The van der Waals surface area contributed by atoms with Gasteiger partial charge in [-0.2, -0.15) is 0 Å². The molecule has 2 aromatic rings. The lowest BCUT2D eigenvalue weighted by molar-refractivity contribution is 0.0696. The number of alkyl halides is 3. The summed E-state index contributed by atoms with van der Waals surface area (Å²) in [6.45, 7) is 1.79. The second-order valence-electron chi connectivity index (χ2n) is 5.75. The van der Waals surface area contributed by atoms with E-state index >= 15 is 0 Å². The molecule has 1 atom stereocenters. The van der Waals surface area contributed by atoms with Crippen molar-refractivity contribution in [3.63, 3.8) is 0 Å². The number of carboxylic acid groups (broad SMARTS) is 1. The predicted octanol–water partition coefficient (Wildman–Crippen LogP) is 4.11. The summed E-state index contributed by atoms with van der Waals surface area (Å²) in [5, 5.41) is 17.2. The van der Waals surface area contributed by atoms with E-state index in [4.69, 9.17) is 52.1 Å². The Morgan fingerprint density at radius 1 is 1.07 bits per heavy atom. The number of aromatic carboxylic acids is 1. The van der Waals surface area contributed by atoms with E-state index < -0.39 is 21.8 Å². The number of aryl methyl sites for hydroxylation is 1. The van der Waals surface area contributed by atoms with Gasteiger partial charge in [0.2, 0.25) is 3.79 Å². The summed E-state index contributed by atoms with van der Waals surface area (Å²) >= 11 is 23.1. The van der Waals surface area contributed by atoms with Gasteiger partial charge in [0.15, 0.2) is 5.11 Å². The molecule has 28 heavy (non-hydrogen) atoms. The number of hydrogen-bond acceptors (Lipinski definition) is 3. The highest BCUT2D eigenvalue weighted by atomic mass is 35.6. The van der Waals surface area contributed by atoms with E-state index in [1.807, 2.05) is 0 Å². The zero-order chi connectivity index (χ0) is 20.9. The van der Waals surface area contributed by atoms with E-state index in [-0.39, 0.29) is 10.7 Å². The number of carbonyl (C=O) groups is 2. The molecule has 2 aromatic carbocycles. The van der Waals surface area contributed by atoms with Gasteiger partial charge in [-0.3, -0.25) is 4.79 Å².